The fourth-order valence-corrected chi connectivity index (χ4v) is 3.06. The Morgan fingerprint density at radius 1 is 1.35 bits per heavy atom. The van der Waals surface area contributed by atoms with E-state index >= 15 is 0 Å². The van der Waals surface area contributed by atoms with Gasteiger partial charge in [-0.25, -0.2) is 4.79 Å². The van der Waals surface area contributed by atoms with Crippen molar-refractivity contribution < 1.29 is 9.53 Å². The molecule has 2 aliphatic rings. The van der Waals surface area contributed by atoms with Crippen LogP contribution in [0.5, 0.6) is 0 Å². The molecule has 0 aromatic heterocycles. The van der Waals surface area contributed by atoms with Gasteiger partial charge in [0.25, 0.3) is 0 Å². The first-order valence-electron chi connectivity index (χ1n) is 7.14. The lowest BCUT2D eigenvalue weighted by Crippen LogP contribution is -2.40. The summed E-state index contributed by atoms with van der Waals surface area (Å²) in [4.78, 5) is 14.1. The minimum absolute atomic E-state index is 0.232. The summed E-state index contributed by atoms with van der Waals surface area (Å²) in [5.41, 5.74) is 1.92. The second-order valence-electron chi connectivity index (χ2n) is 5.58. The molecule has 1 saturated heterocycles. The molecule has 2 unspecified atom stereocenters. The molecule has 1 amide bonds. The van der Waals surface area contributed by atoms with Crippen molar-refractivity contribution in [2.45, 2.75) is 38.0 Å². The van der Waals surface area contributed by atoms with Crippen molar-refractivity contribution in [3.8, 4) is 0 Å². The highest BCUT2D eigenvalue weighted by Gasteiger charge is 2.36. The topological polar surface area (TPSA) is 41.6 Å². The highest BCUT2D eigenvalue weighted by Crippen LogP contribution is 2.28. The van der Waals surface area contributed by atoms with Crippen LogP contribution in [0.3, 0.4) is 0 Å². The van der Waals surface area contributed by atoms with Crippen LogP contribution in [-0.4, -0.2) is 29.6 Å². The summed E-state index contributed by atoms with van der Waals surface area (Å²) in [7, 11) is 0. The van der Waals surface area contributed by atoms with E-state index in [1.807, 2.05) is 35.2 Å². The molecule has 1 saturated carbocycles. The molecule has 1 aromatic rings. The van der Waals surface area contributed by atoms with Crippen molar-refractivity contribution in [3.05, 3.63) is 48.2 Å². The van der Waals surface area contributed by atoms with E-state index in [1.165, 1.54) is 0 Å². The van der Waals surface area contributed by atoms with E-state index in [9.17, 15) is 4.79 Å². The smallest absolute Gasteiger partial charge is 0.410 e. The number of hydrogen-bond donors (Lipinski definition) is 1. The summed E-state index contributed by atoms with van der Waals surface area (Å²) in [5.74, 6) is 0. The Labute approximate surface area is 119 Å². The summed E-state index contributed by atoms with van der Waals surface area (Å²) in [6, 6.07) is 10.5. The van der Waals surface area contributed by atoms with Crippen LogP contribution in [0.15, 0.2) is 42.6 Å². The van der Waals surface area contributed by atoms with Gasteiger partial charge in [0.2, 0.25) is 0 Å². The summed E-state index contributed by atoms with van der Waals surface area (Å²) in [6.45, 7) is 4.86. The third-order valence-electron chi connectivity index (χ3n) is 4.05. The molecule has 1 aliphatic heterocycles. The highest BCUT2D eigenvalue weighted by molar-refractivity contribution is 5.68. The number of fused-ring (bicyclic) bond motifs is 2. The van der Waals surface area contributed by atoms with Crippen LogP contribution in [0.4, 0.5) is 4.79 Å². The maximum atomic E-state index is 12.3. The van der Waals surface area contributed by atoms with E-state index in [4.69, 9.17) is 4.74 Å². The van der Waals surface area contributed by atoms with Crippen LogP contribution in [0.1, 0.15) is 24.8 Å². The van der Waals surface area contributed by atoms with Gasteiger partial charge in [-0.1, -0.05) is 36.9 Å². The third-order valence-corrected chi connectivity index (χ3v) is 4.05. The molecular formula is C16H20N2O2. The predicted molar refractivity (Wildman–Crippen MR) is 77.0 cm³/mol. The third kappa shape index (κ3) is 2.79. The van der Waals surface area contributed by atoms with Gasteiger partial charge in [0, 0.05) is 17.8 Å². The lowest BCUT2D eigenvalue weighted by atomic mass is 10.2. The molecule has 2 fully saturated rings. The second-order valence-corrected chi connectivity index (χ2v) is 5.58. The van der Waals surface area contributed by atoms with E-state index in [0.29, 0.717) is 19.2 Å². The van der Waals surface area contributed by atoms with E-state index < -0.39 is 0 Å². The van der Waals surface area contributed by atoms with Gasteiger partial charge in [0.15, 0.2) is 0 Å². The summed E-state index contributed by atoms with van der Waals surface area (Å²) < 4.78 is 5.44. The first kappa shape index (κ1) is 13.0. The van der Waals surface area contributed by atoms with Crippen molar-refractivity contribution >= 4 is 6.09 Å². The van der Waals surface area contributed by atoms with Gasteiger partial charge in [-0.3, -0.25) is 4.90 Å². The molecule has 20 heavy (non-hydrogen) atoms. The molecular weight excluding hydrogens is 252 g/mol. The fourth-order valence-electron chi connectivity index (χ4n) is 3.06. The molecule has 0 spiro atoms. The summed E-state index contributed by atoms with van der Waals surface area (Å²) in [6.07, 6.45) is 2.92. The Morgan fingerprint density at radius 3 is 2.95 bits per heavy atom. The SMILES string of the molecule is C=C1CN(C(=O)OCc2ccccc2)C2CCC(C2)N1. The number of nitrogens with one attached hydrogen (secondary N) is 1. The van der Waals surface area contributed by atoms with Crippen LogP contribution < -0.4 is 5.32 Å². The Morgan fingerprint density at radius 2 is 2.15 bits per heavy atom. The number of nitrogens with zero attached hydrogens (tertiary/aromatic N) is 1. The lowest BCUT2D eigenvalue weighted by Gasteiger charge is -2.27. The van der Waals surface area contributed by atoms with Gasteiger partial charge in [-0.15, -0.1) is 0 Å². The van der Waals surface area contributed by atoms with E-state index in [2.05, 4.69) is 11.9 Å². The molecule has 1 N–H and O–H groups in total. The van der Waals surface area contributed by atoms with Crippen LogP contribution in [-0.2, 0) is 11.3 Å². The summed E-state index contributed by atoms with van der Waals surface area (Å²) >= 11 is 0. The zero-order valence-corrected chi connectivity index (χ0v) is 11.5. The molecule has 2 atom stereocenters. The number of rotatable bonds is 2. The molecule has 0 radical (unpaired) electrons. The standard InChI is InChI=1S/C16H20N2O2/c1-12-10-18(15-8-7-14(9-15)17-12)16(19)20-11-13-5-3-2-4-6-13/h2-6,14-15,17H,1,7-11H2. The first-order valence-corrected chi connectivity index (χ1v) is 7.14. The average Bonchev–Trinajstić information content (AvgIpc) is 2.83. The van der Waals surface area contributed by atoms with Gasteiger partial charge in [-0.2, -0.15) is 0 Å². The summed E-state index contributed by atoms with van der Waals surface area (Å²) in [5, 5.41) is 3.38. The number of ether oxygens (including phenoxy) is 1. The molecule has 1 heterocycles. The average molecular weight is 272 g/mol. The molecule has 3 rings (SSSR count). The van der Waals surface area contributed by atoms with Crippen LogP contribution >= 0.6 is 0 Å². The Balaban J connectivity index is 1.62. The van der Waals surface area contributed by atoms with Gasteiger partial charge in [-0.05, 0) is 24.8 Å². The predicted octanol–water partition coefficient (Wildman–Crippen LogP) is 2.66. The maximum absolute atomic E-state index is 12.3. The Hall–Kier alpha value is -1.97. The van der Waals surface area contributed by atoms with Gasteiger partial charge >= 0.3 is 6.09 Å². The Bertz CT molecular complexity index is 500. The number of benzene rings is 1. The maximum Gasteiger partial charge on any atom is 0.410 e. The van der Waals surface area contributed by atoms with Crippen LogP contribution in [0.25, 0.3) is 0 Å². The highest BCUT2D eigenvalue weighted by atomic mass is 16.6. The van der Waals surface area contributed by atoms with E-state index in [0.717, 1.165) is 30.5 Å². The zero-order chi connectivity index (χ0) is 13.9. The largest absolute Gasteiger partial charge is 0.445 e. The first-order chi connectivity index (χ1) is 9.72. The minimum Gasteiger partial charge on any atom is -0.445 e. The van der Waals surface area contributed by atoms with Crippen molar-refractivity contribution in [1.82, 2.24) is 10.2 Å². The molecule has 1 aromatic carbocycles. The zero-order valence-electron chi connectivity index (χ0n) is 11.5. The fraction of sp³-hybridized carbons (Fsp3) is 0.438. The number of carbonyl (C=O) groups excluding carboxylic acids is 1. The molecule has 106 valence electrons. The van der Waals surface area contributed by atoms with Gasteiger partial charge in [0.1, 0.15) is 6.61 Å². The van der Waals surface area contributed by atoms with E-state index in [-0.39, 0.29) is 12.1 Å². The number of hydrogen-bond acceptors (Lipinski definition) is 3. The van der Waals surface area contributed by atoms with Gasteiger partial charge in [0.05, 0.1) is 6.54 Å². The minimum atomic E-state index is -0.232. The van der Waals surface area contributed by atoms with Crippen molar-refractivity contribution in [1.29, 1.82) is 0 Å². The van der Waals surface area contributed by atoms with Crippen molar-refractivity contribution in [2.24, 2.45) is 0 Å². The monoisotopic (exact) mass is 272 g/mol. The lowest BCUT2D eigenvalue weighted by molar-refractivity contribution is 0.0857. The van der Waals surface area contributed by atoms with Crippen molar-refractivity contribution in [2.75, 3.05) is 6.54 Å². The number of amides is 1. The Kier molecular flexibility index (Phi) is 3.63. The molecule has 1 aliphatic carbocycles. The van der Waals surface area contributed by atoms with Crippen LogP contribution in [0.2, 0.25) is 0 Å². The second kappa shape index (κ2) is 5.57. The molecule has 2 bridgehead atoms. The molecule has 4 nitrogen and oxygen atoms in total. The number of carbonyl (C=O) groups is 1. The van der Waals surface area contributed by atoms with Crippen LogP contribution in [0, 0.1) is 0 Å². The quantitative estimate of drug-likeness (QED) is 0.900. The van der Waals surface area contributed by atoms with Gasteiger partial charge < -0.3 is 10.1 Å². The van der Waals surface area contributed by atoms with Crippen molar-refractivity contribution in [3.63, 3.8) is 0 Å². The normalized spacial score (nSPS) is 25.0. The van der Waals surface area contributed by atoms with E-state index in [1.54, 1.807) is 0 Å². The molecule has 4 heteroatoms.